The van der Waals surface area contributed by atoms with Crippen molar-refractivity contribution in [2.24, 2.45) is 5.92 Å². The van der Waals surface area contributed by atoms with Gasteiger partial charge < -0.3 is 5.32 Å². The van der Waals surface area contributed by atoms with Crippen molar-refractivity contribution in [2.75, 3.05) is 5.32 Å². The van der Waals surface area contributed by atoms with Gasteiger partial charge in [-0.1, -0.05) is 37.0 Å². The maximum atomic E-state index is 12.5. The lowest BCUT2D eigenvalue weighted by Gasteiger charge is -2.09. The van der Waals surface area contributed by atoms with Crippen LogP contribution >= 0.6 is 23.2 Å². The van der Waals surface area contributed by atoms with Crippen LogP contribution in [0, 0.1) is 5.92 Å². The summed E-state index contributed by atoms with van der Waals surface area (Å²) in [6, 6.07) is 6.95. The molecule has 1 N–H and O–H groups in total. The number of Topliss-reactive ketones (excluding diaryl/α,β-unsaturated/α-hetero) is 1. The number of hydrogen-bond donors (Lipinski definition) is 1. The highest BCUT2D eigenvalue weighted by atomic mass is 35.5. The largest absolute Gasteiger partial charge is 0.324 e. The van der Waals surface area contributed by atoms with Crippen molar-refractivity contribution >= 4 is 46.3 Å². The van der Waals surface area contributed by atoms with Gasteiger partial charge in [0.1, 0.15) is 23.0 Å². The number of ketones is 1. The summed E-state index contributed by atoms with van der Waals surface area (Å²) >= 11 is 11.9. The van der Waals surface area contributed by atoms with E-state index in [0.717, 1.165) is 0 Å². The topological polar surface area (TPSA) is 59.3 Å². The van der Waals surface area contributed by atoms with Crippen LogP contribution in [-0.4, -0.2) is 20.2 Å². The van der Waals surface area contributed by atoms with E-state index in [1.54, 1.807) is 34.9 Å². The molecule has 5 nitrogen and oxygen atoms in total. The van der Waals surface area contributed by atoms with Gasteiger partial charge >= 0.3 is 0 Å². The SMILES string of the molecule is CC(C)C(=O)c1nc2ccc(Cl)cn2c1Nc1ccc(Cl)cn1. The molecule has 3 heterocycles. The van der Waals surface area contributed by atoms with Crippen molar-refractivity contribution in [2.45, 2.75) is 13.8 Å². The van der Waals surface area contributed by atoms with E-state index in [-0.39, 0.29) is 11.7 Å². The zero-order valence-electron chi connectivity index (χ0n) is 12.5. The Kier molecular flexibility index (Phi) is 4.24. The Hall–Kier alpha value is -2.11. The molecule has 0 radical (unpaired) electrons. The predicted octanol–water partition coefficient (Wildman–Crippen LogP) is 4.62. The van der Waals surface area contributed by atoms with Crippen LogP contribution < -0.4 is 5.32 Å². The quantitative estimate of drug-likeness (QED) is 0.699. The molecule has 0 aliphatic heterocycles. The Morgan fingerprint density at radius 3 is 2.57 bits per heavy atom. The van der Waals surface area contributed by atoms with Crippen molar-refractivity contribution in [1.29, 1.82) is 0 Å². The molecule has 0 amide bonds. The fourth-order valence-electron chi connectivity index (χ4n) is 2.15. The number of halogens is 2. The lowest BCUT2D eigenvalue weighted by molar-refractivity contribution is 0.0936. The number of hydrogen-bond acceptors (Lipinski definition) is 4. The number of imidazole rings is 1. The van der Waals surface area contributed by atoms with Crippen LogP contribution in [-0.2, 0) is 0 Å². The van der Waals surface area contributed by atoms with Crippen LogP contribution in [0.15, 0.2) is 36.7 Å². The van der Waals surface area contributed by atoms with Gasteiger partial charge in [0.05, 0.1) is 10.0 Å². The maximum absolute atomic E-state index is 12.5. The molecular weight excluding hydrogens is 335 g/mol. The van der Waals surface area contributed by atoms with Crippen LogP contribution in [0.2, 0.25) is 10.0 Å². The maximum Gasteiger partial charge on any atom is 0.187 e. The molecule has 7 heteroatoms. The summed E-state index contributed by atoms with van der Waals surface area (Å²) < 4.78 is 1.74. The molecule has 23 heavy (non-hydrogen) atoms. The molecule has 0 aromatic carbocycles. The number of rotatable bonds is 4. The smallest absolute Gasteiger partial charge is 0.187 e. The van der Waals surface area contributed by atoms with Crippen LogP contribution in [0.3, 0.4) is 0 Å². The lowest BCUT2D eigenvalue weighted by Crippen LogP contribution is -2.11. The third kappa shape index (κ3) is 3.16. The van der Waals surface area contributed by atoms with E-state index in [4.69, 9.17) is 23.2 Å². The van der Waals surface area contributed by atoms with E-state index < -0.39 is 0 Å². The van der Waals surface area contributed by atoms with Crippen LogP contribution in [0.5, 0.6) is 0 Å². The average molecular weight is 349 g/mol. The Bertz CT molecular complexity index is 872. The van der Waals surface area contributed by atoms with Gasteiger partial charge in [-0.3, -0.25) is 9.20 Å². The van der Waals surface area contributed by atoms with Crippen LogP contribution in [0.25, 0.3) is 5.65 Å². The highest BCUT2D eigenvalue weighted by Gasteiger charge is 2.22. The van der Waals surface area contributed by atoms with Crippen LogP contribution in [0.1, 0.15) is 24.3 Å². The standard InChI is InChI=1S/C16H14Cl2N4O/c1-9(2)15(23)14-16(20-12-5-3-10(17)7-19-12)22-8-11(18)4-6-13(22)21-14/h3-9H,1-2H3,(H,19,20). The molecule has 0 saturated heterocycles. The minimum absolute atomic E-state index is 0.0544. The molecule has 0 fully saturated rings. The summed E-state index contributed by atoms with van der Waals surface area (Å²) in [6.45, 7) is 3.67. The summed E-state index contributed by atoms with van der Waals surface area (Å²) in [5, 5.41) is 4.22. The Morgan fingerprint density at radius 2 is 1.91 bits per heavy atom. The monoisotopic (exact) mass is 348 g/mol. The zero-order chi connectivity index (χ0) is 16.6. The average Bonchev–Trinajstić information content (AvgIpc) is 2.86. The third-order valence-corrected chi connectivity index (χ3v) is 3.76. The predicted molar refractivity (Wildman–Crippen MR) is 91.9 cm³/mol. The first-order chi connectivity index (χ1) is 11.0. The van der Waals surface area contributed by atoms with E-state index in [2.05, 4.69) is 15.3 Å². The van der Waals surface area contributed by atoms with E-state index in [9.17, 15) is 4.79 Å². The number of carbonyl (C=O) groups is 1. The molecule has 0 bridgehead atoms. The highest BCUT2D eigenvalue weighted by Crippen LogP contribution is 2.26. The second kappa shape index (κ2) is 6.18. The fraction of sp³-hybridized carbons (Fsp3) is 0.188. The number of pyridine rings is 2. The Morgan fingerprint density at radius 1 is 1.17 bits per heavy atom. The molecule has 3 aromatic rings. The molecule has 0 spiro atoms. The number of carbonyl (C=O) groups excluding carboxylic acids is 1. The summed E-state index contributed by atoms with van der Waals surface area (Å²) in [5.74, 6) is 0.875. The summed E-state index contributed by atoms with van der Waals surface area (Å²) in [4.78, 5) is 21.1. The van der Waals surface area contributed by atoms with Gasteiger partial charge in [-0.05, 0) is 24.3 Å². The molecular formula is C16H14Cl2N4O. The van der Waals surface area contributed by atoms with E-state index >= 15 is 0 Å². The Labute approximate surface area is 143 Å². The van der Waals surface area contributed by atoms with Gasteiger partial charge in [-0.25, -0.2) is 9.97 Å². The van der Waals surface area contributed by atoms with Crippen molar-refractivity contribution in [3.05, 3.63) is 52.4 Å². The van der Waals surface area contributed by atoms with Crippen molar-refractivity contribution in [3.8, 4) is 0 Å². The minimum Gasteiger partial charge on any atom is -0.324 e. The molecule has 0 aliphatic carbocycles. The molecule has 3 rings (SSSR count). The van der Waals surface area contributed by atoms with E-state index in [1.807, 2.05) is 13.8 Å². The van der Waals surface area contributed by atoms with Crippen molar-refractivity contribution < 1.29 is 4.79 Å². The zero-order valence-corrected chi connectivity index (χ0v) is 14.1. The lowest BCUT2D eigenvalue weighted by atomic mass is 10.1. The first-order valence-corrected chi connectivity index (χ1v) is 7.81. The van der Waals surface area contributed by atoms with Crippen molar-refractivity contribution in [1.82, 2.24) is 14.4 Å². The number of nitrogens with zero attached hydrogens (tertiary/aromatic N) is 3. The third-order valence-electron chi connectivity index (χ3n) is 3.31. The Balaban J connectivity index is 2.14. The first kappa shape index (κ1) is 15.8. The molecule has 0 saturated carbocycles. The van der Waals surface area contributed by atoms with Gasteiger partial charge in [0, 0.05) is 18.3 Å². The highest BCUT2D eigenvalue weighted by molar-refractivity contribution is 6.30. The number of nitrogens with one attached hydrogen (secondary N) is 1. The summed E-state index contributed by atoms with van der Waals surface area (Å²) in [7, 11) is 0. The first-order valence-electron chi connectivity index (χ1n) is 7.06. The second-order valence-corrected chi connectivity index (χ2v) is 6.26. The molecule has 118 valence electrons. The number of fused-ring (bicyclic) bond motifs is 1. The van der Waals surface area contributed by atoms with E-state index in [0.29, 0.717) is 33.0 Å². The molecule has 3 aromatic heterocycles. The van der Waals surface area contributed by atoms with Crippen molar-refractivity contribution in [3.63, 3.8) is 0 Å². The summed E-state index contributed by atoms with van der Waals surface area (Å²) in [5.41, 5.74) is 0.994. The van der Waals surface area contributed by atoms with Gasteiger partial charge in [0.2, 0.25) is 0 Å². The number of anilines is 2. The molecule has 0 unspecified atom stereocenters. The van der Waals surface area contributed by atoms with Gasteiger partial charge in [-0.15, -0.1) is 0 Å². The van der Waals surface area contributed by atoms with Gasteiger partial charge in [-0.2, -0.15) is 0 Å². The molecule has 0 aliphatic rings. The molecule has 0 atom stereocenters. The summed E-state index contributed by atoms with van der Waals surface area (Å²) in [6.07, 6.45) is 3.24. The van der Waals surface area contributed by atoms with Gasteiger partial charge in [0.25, 0.3) is 0 Å². The van der Waals surface area contributed by atoms with Gasteiger partial charge in [0.15, 0.2) is 5.78 Å². The fourth-order valence-corrected chi connectivity index (χ4v) is 2.43. The normalized spacial score (nSPS) is 11.2. The number of aromatic nitrogens is 3. The van der Waals surface area contributed by atoms with Crippen LogP contribution in [0.4, 0.5) is 11.6 Å². The van der Waals surface area contributed by atoms with E-state index in [1.165, 1.54) is 6.20 Å². The minimum atomic E-state index is -0.172. The second-order valence-electron chi connectivity index (χ2n) is 5.39.